The third kappa shape index (κ3) is 3.27. The molecule has 1 aliphatic carbocycles. The molecule has 1 saturated heterocycles. The Morgan fingerprint density at radius 1 is 1.26 bits per heavy atom. The number of carbonyl (C=O) groups excluding carboxylic acids is 1. The van der Waals surface area contributed by atoms with Gasteiger partial charge in [0.2, 0.25) is 5.91 Å². The highest BCUT2D eigenvalue weighted by Gasteiger charge is 2.48. The molecular weight excluding hydrogens is 463 g/mol. The van der Waals surface area contributed by atoms with Crippen molar-refractivity contribution in [2.24, 2.45) is 0 Å². The average molecular weight is 484 g/mol. The van der Waals surface area contributed by atoms with Crippen LogP contribution < -0.4 is 20.3 Å². The quantitative estimate of drug-likeness (QED) is 0.510. The number of hydrogen-bond donors (Lipinski definition) is 2. The average Bonchev–Trinajstić information content (AvgIpc) is 2.68. The summed E-state index contributed by atoms with van der Waals surface area (Å²) in [4.78, 5) is 31.3. The number of fused-ring (bicyclic) bond motifs is 1. The first kappa shape index (κ1) is 18.5. The van der Waals surface area contributed by atoms with Crippen molar-refractivity contribution >= 4 is 39.7 Å². The number of aromatic amines is 1. The molecule has 0 unspecified atom stereocenters. The number of nitrogens with one attached hydrogen (secondary N) is 2. The molecule has 8 nitrogen and oxygen atoms in total. The zero-order chi connectivity index (χ0) is 19.0. The van der Waals surface area contributed by atoms with E-state index in [4.69, 9.17) is 9.47 Å². The van der Waals surface area contributed by atoms with Crippen molar-refractivity contribution in [1.29, 1.82) is 0 Å². The van der Waals surface area contributed by atoms with Gasteiger partial charge in [0.05, 0.1) is 30.4 Å². The van der Waals surface area contributed by atoms with Gasteiger partial charge in [0.1, 0.15) is 5.54 Å². The van der Waals surface area contributed by atoms with Crippen LogP contribution in [-0.4, -0.2) is 50.8 Å². The van der Waals surface area contributed by atoms with E-state index in [1.165, 1.54) is 6.33 Å². The molecule has 1 saturated carbocycles. The van der Waals surface area contributed by atoms with Crippen LogP contribution in [0.1, 0.15) is 25.7 Å². The van der Waals surface area contributed by atoms with Gasteiger partial charge < -0.3 is 19.8 Å². The van der Waals surface area contributed by atoms with Crippen LogP contribution in [0.2, 0.25) is 0 Å². The van der Waals surface area contributed by atoms with E-state index in [0.29, 0.717) is 28.9 Å². The summed E-state index contributed by atoms with van der Waals surface area (Å²) in [6.07, 6.45) is 4.34. The van der Waals surface area contributed by atoms with E-state index in [1.54, 1.807) is 19.2 Å². The van der Waals surface area contributed by atoms with Gasteiger partial charge in [0, 0.05) is 42.0 Å². The fraction of sp³-hybridized carbons (Fsp3) is 0.500. The first-order valence-electron chi connectivity index (χ1n) is 8.97. The molecule has 1 aliphatic heterocycles. The van der Waals surface area contributed by atoms with Crippen molar-refractivity contribution < 1.29 is 14.3 Å². The monoisotopic (exact) mass is 484 g/mol. The number of hydrogen-bond acceptors (Lipinski definition) is 6. The lowest BCUT2D eigenvalue weighted by molar-refractivity contribution is -0.135. The first-order valence-corrected chi connectivity index (χ1v) is 9.94. The zero-order valence-corrected chi connectivity index (χ0v) is 17.1. The van der Waals surface area contributed by atoms with Crippen molar-refractivity contribution in [3.05, 3.63) is 28.8 Å². The van der Waals surface area contributed by atoms with E-state index in [2.05, 4.69) is 41.3 Å². The van der Waals surface area contributed by atoms with Crippen LogP contribution in [0, 0.1) is 0 Å². The second-order valence-electron chi connectivity index (χ2n) is 6.94. The molecule has 1 spiro atoms. The summed E-state index contributed by atoms with van der Waals surface area (Å²) in [5.41, 5.74) is -0.0905. The Balaban J connectivity index is 1.54. The first-order chi connectivity index (χ1) is 13.0. The summed E-state index contributed by atoms with van der Waals surface area (Å²) in [6.45, 7) is 1.55. The molecule has 0 radical (unpaired) electrons. The topological polar surface area (TPSA) is 96.5 Å². The summed E-state index contributed by atoms with van der Waals surface area (Å²) >= 11 is 2.27. The number of piperazine rings is 1. The van der Waals surface area contributed by atoms with Crippen LogP contribution in [0.15, 0.2) is 23.3 Å². The van der Waals surface area contributed by atoms with E-state index in [9.17, 15) is 9.59 Å². The molecule has 144 valence electrons. The Labute approximate surface area is 170 Å². The van der Waals surface area contributed by atoms with Crippen LogP contribution in [0.4, 0.5) is 0 Å². The number of amides is 1. The Morgan fingerprint density at radius 3 is 2.74 bits per heavy atom. The SMILES string of the molecule is COc1cc2nc[nH]c(=O)c2cc1OC1CCC2(CC1)C(=O)NCCN2I. The lowest BCUT2D eigenvalue weighted by Crippen LogP contribution is -2.63. The van der Waals surface area contributed by atoms with E-state index < -0.39 is 5.54 Å². The minimum Gasteiger partial charge on any atom is -0.493 e. The molecule has 2 heterocycles. The maximum atomic E-state index is 12.5. The van der Waals surface area contributed by atoms with Gasteiger partial charge in [-0.2, -0.15) is 0 Å². The number of benzene rings is 1. The standard InChI is InChI=1S/C18H21IN4O4/c1-26-14-9-13-12(16(24)22-10-21-13)8-15(14)27-11-2-4-18(5-3-11)17(25)20-6-7-23(18)19/h8-11H,2-7H2,1H3,(H,20,25)(H,21,22,24). The third-order valence-electron chi connectivity index (χ3n) is 5.46. The van der Waals surface area contributed by atoms with E-state index in [0.717, 1.165) is 32.2 Å². The van der Waals surface area contributed by atoms with Gasteiger partial charge in [-0.15, -0.1) is 0 Å². The van der Waals surface area contributed by atoms with Crippen LogP contribution in [0.5, 0.6) is 11.5 Å². The second kappa shape index (κ2) is 7.27. The Kier molecular flexibility index (Phi) is 4.97. The zero-order valence-electron chi connectivity index (χ0n) is 15.0. The number of aromatic nitrogens is 2. The van der Waals surface area contributed by atoms with E-state index >= 15 is 0 Å². The lowest BCUT2D eigenvalue weighted by Gasteiger charge is -2.46. The van der Waals surface area contributed by atoms with Crippen LogP contribution in [0.25, 0.3) is 10.9 Å². The summed E-state index contributed by atoms with van der Waals surface area (Å²) in [7, 11) is 1.57. The Hall–Kier alpha value is -1.88. The predicted molar refractivity (Wildman–Crippen MR) is 108 cm³/mol. The van der Waals surface area contributed by atoms with Gasteiger partial charge in [-0.1, -0.05) is 0 Å². The highest BCUT2D eigenvalue weighted by atomic mass is 127. The van der Waals surface area contributed by atoms with Gasteiger partial charge >= 0.3 is 0 Å². The second-order valence-corrected chi connectivity index (χ2v) is 8.11. The molecule has 1 aromatic heterocycles. The summed E-state index contributed by atoms with van der Waals surface area (Å²) in [5, 5.41) is 3.45. The highest BCUT2D eigenvalue weighted by Crippen LogP contribution is 2.40. The van der Waals surface area contributed by atoms with E-state index in [-0.39, 0.29) is 17.6 Å². The molecule has 2 fully saturated rings. The number of ether oxygens (including phenoxy) is 2. The van der Waals surface area contributed by atoms with Crippen LogP contribution >= 0.6 is 22.9 Å². The number of nitrogens with zero attached hydrogens (tertiary/aromatic N) is 2. The van der Waals surface area contributed by atoms with Gasteiger partial charge in [0.25, 0.3) is 5.56 Å². The maximum Gasteiger partial charge on any atom is 0.258 e. The van der Waals surface area contributed by atoms with E-state index in [1.807, 2.05) is 0 Å². The molecule has 2 N–H and O–H groups in total. The van der Waals surface area contributed by atoms with Crippen molar-refractivity contribution in [2.45, 2.75) is 37.3 Å². The number of carbonyl (C=O) groups is 1. The molecule has 27 heavy (non-hydrogen) atoms. The highest BCUT2D eigenvalue weighted by molar-refractivity contribution is 14.1. The molecule has 2 aromatic rings. The van der Waals surface area contributed by atoms with Crippen molar-refractivity contribution in [3.63, 3.8) is 0 Å². The molecule has 1 amide bonds. The maximum absolute atomic E-state index is 12.5. The van der Waals surface area contributed by atoms with Gasteiger partial charge in [-0.25, -0.2) is 8.10 Å². The molecule has 4 rings (SSSR count). The minimum absolute atomic E-state index is 0.0303. The van der Waals surface area contributed by atoms with Gasteiger partial charge in [-0.05, 0) is 31.7 Å². The van der Waals surface area contributed by atoms with Gasteiger partial charge in [-0.3, -0.25) is 9.59 Å². The number of rotatable bonds is 3. The number of methoxy groups -OCH3 is 1. The fourth-order valence-corrected chi connectivity index (χ4v) is 4.86. The number of halogens is 1. The van der Waals surface area contributed by atoms with Crippen molar-refractivity contribution in [2.75, 3.05) is 20.2 Å². The Morgan fingerprint density at radius 2 is 2.04 bits per heavy atom. The summed E-state index contributed by atoms with van der Waals surface area (Å²) in [5.74, 6) is 1.19. The fourth-order valence-electron chi connectivity index (χ4n) is 3.92. The summed E-state index contributed by atoms with van der Waals surface area (Å²) < 4.78 is 13.8. The normalized spacial score (nSPS) is 26.1. The smallest absolute Gasteiger partial charge is 0.258 e. The Bertz CT molecular complexity index is 923. The molecule has 0 atom stereocenters. The van der Waals surface area contributed by atoms with Gasteiger partial charge in [0.15, 0.2) is 11.5 Å². The van der Waals surface area contributed by atoms with Crippen LogP contribution in [-0.2, 0) is 4.79 Å². The van der Waals surface area contributed by atoms with Crippen LogP contribution in [0.3, 0.4) is 0 Å². The molecular formula is C18H21IN4O4. The van der Waals surface area contributed by atoms with Crippen molar-refractivity contribution in [1.82, 2.24) is 18.4 Å². The lowest BCUT2D eigenvalue weighted by atomic mass is 9.78. The number of H-pyrrole nitrogens is 1. The summed E-state index contributed by atoms with van der Waals surface area (Å²) in [6, 6.07) is 3.40. The third-order valence-corrected chi connectivity index (χ3v) is 6.87. The molecule has 2 aliphatic rings. The molecule has 0 bridgehead atoms. The predicted octanol–water partition coefficient (Wildman–Crippen LogP) is 1.77. The minimum atomic E-state index is -0.437. The largest absolute Gasteiger partial charge is 0.493 e. The molecule has 1 aromatic carbocycles. The molecule has 9 heteroatoms. The van der Waals surface area contributed by atoms with Crippen molar-refractivity contribution in [3.8, 4) is 11.5 Å².